The molecule has 0 fully saturated rings. The molecule has 0 atom stereocenters. The molecule has 0 spiro atoms. The molecule has 4 heterocycles. The molecule has 0 amide bonds. The van der Waals surface area contributed by atoms with Crippen LogP contribution in [-0.4, -0.2) is 19.5 Å². The maximum Gasteiger partial charge on any atom is 0.131 e. The Morgan fingerprint density at radius 3 is 2.46 bits per heavy atom. The van der Waals surface area contributed by atoms with Gasteiger partial charge in [-0.2, -0.15) is 0 Å². The smallest absolute Gasteiger partial charge is 0.131 e. The highest BCUT2D eigenvalue weighted by Gasteiger charge is 2.11. The van der Waals surface area contributed by atoms with E-state index < -0.39 is 0 Å². The van der Waals surface area contributed by atoms with E-state index in [1.807, 2.05) is 52.2 Å². The third-order valence-corrected chi connectivity index (χ3v) is 6.84. The first-order valence-electron chi connectivity index (χ1n) is 13.7. The van der Waals surface area contributed by atoms with Gasteiger partial charge in [0, 0.05) is 60.1 Å². The number of nitrogens with one attached hydrogen (secondary N) is 1. The molecule has 200 valence electrons. The van der Waals surface area contributed by atoms with Crippen LogP contribution in [0.1, 0.15) is 49.9 Å². The lowest BCUT2D eigenvalue weighted by Crippen LogP contribution is -2.06. The molecular weight excluding hydrogens is 480 g/mol. The molecule has 6 heteroatoms. The highest BCUT2D eigenvalue weighted by Crippen LogP contribution is 2.29. The number of nitrogen functional groups attached to an aromatic ring is 1. The molecule has 0 aliphatic heterocycles. The molecule has 6 aromatic rings. The zero-order valence-corrected chi connectivity index (χ0v) is 23.8. The summed E-state index contributed by atoms with van der Waals surface area (Å²) in [4.78, 5) is 13.3. The summed E-state index contributed by atoms with van der Waals surface area (Å²) in [5.41, 5.74) is 13.2. The van der Waals surface area contributed by atoms with Gasteiger partial charge in [0.1, 0.15) is 11.6 Å². The van der Waals surface area contributed by atoms with E-state index in [-0.39, 0.29) is 0 Å². The van der Waals surface area contributed by atoms with Crippen LogP contribution in [0.4, 0.5) is 11.6 Å². The standard InChI is InChI=1S/C29H26N6.2C2H6/c1-18-12-24-23(7-10-32-29(24)30)19(2)25(18)16-34-28-14-27-22(15-33-28)8-11-35(27)17-20-5-6-26-21(13-20)4-3-9-31-26;2*1-2/h3-15H,16-17H2,1-2H3,(H2,30,32)(H,33,34);2*1-2H3. The largest absolute Gasteiger partial charge is 0.383 e. The third kappa shape index (κ3) is 5.70. The van der Waals surface area contributed by atoms with Gasteiger partial charge in [-0.05, 0) is 77.9 Å². The van der Waals surface area contributed by atoms with Crippen LogP contribution in [0.15, 0.2) is 79.4 Å². The van der Waals surface area contributed by atoms with E-state index in [1.54, 1.807) is 6.20 Å². The average molecular weight is 519 g/mol. The summed E-state index contributed by atoms with van der Waals surface area (Å²) in [5, 5.41) is 7.97. The number of nitrogens with zero attached hydrogens (tertiary/aromatic N) is 4. The first kappa shape index (κ1) is 27.6. The summed E-state index contributed by atoms with van der Waals surface area (Å²) in [6, 6.07) is 18.9. The van der Waals surface area contributed by atoms with Crippen LogP contribution >= 0.6 is 0 Å². The van der Waals surface area contributed by atoms with E-state index >= 15 is 0 Å². The van der Waals surface area contributed by atoms with Gasteiger partial charge in [0.05, 0.1) is 11.0 Å². The van der Waals surface area contributed by atoms with E-state index in [2.05, 4.69) is 87.3 Å². The number of fused-ring (bicyclic) bond motifs is 3. The molecule has 0 bridgehead atoms. The molecule has 6 nitrogen and oxygen atoms in total. The lowest BCUT2D eigenvalue weighted by molar-refractivity contribution is 0.837. The van der Waals surface area contributed by atoms with E-state index in [4.69, 9.17) is 5.73 Å². The Hall–Kier alpha value is -4.45. The van der Waals surface area contributed by atoms with Crippen molar-refractivity contribution >= 4 is 44.2 Å². The topological polar surface area (TPSA) is 81.6 Å². The molecule has 4 aromatic heterocycles. The Labute approximate surface area is 230 Å². The Morgan fingerprint density at radius 2 is 1.64 bits per heavy atom. The van der Waals surface area contributed by atoms with Crippen molar-refractivity contribution < 1.29 is 0 Å². The number of benzene rings is 2. The zero-order valence-electron chi connectivity index (χ0n) is 23.8. The number of hydrogen-bond donors (Lipinski definition) is 2. The number of aryl methyl sites for hydroxylation is 2. The molecule has 0 aliphatic carbocycles. The summed E-state index contributed by atoms with van der Waals surface area (Å²) in [7, 11) is 0. The van der Waals surface area contributed by atoms with Gasteiger partial charge in [-0.1, -0.05) is 39.8 Å². The summed E-state index contributed by atoms with van der Waals surface area (Å²) in [6.07, 6.45) is 7.66. The van der Waals surface area contributed by atoms with Crippen LogP contribution in [0.25, 0.3) is 32.6 Å². The number of rotatable bonds is 5. The van der Waals surface area contributed by atoms with Gasteiger partial charge in [0.25, 0.3) is 0 Å². The molecule has 0 aliphatic rings. The van der Waals surface area contributed by atoms with Crippen LogP contribution in [0, 0.1) is 13.8 Å². The molecule has 3 N–H and O–H groups in total. The predicted octanol–water partition coefficient (Wildman–Crippen LogP) is 8.04. The maximum atomic E-state index is 6.11. The average Bonchev–Trinajstić information content (AvgIpc) is 3.37. The molecule has 6 rings (SSSR count). The third-order valence-electron chi connectivity index (χ3n) is 6.84. The molecule has 2 aromatic carbocycles. The van der Waals surface area contributed by atoms with Gasteiger partial charge in [-0.25, -0.2) is 9.97 Å². The van der Waals surface area contributed by atoms with Crippen molar-refractivity contribution in [3.05, 3.63) is 102 Å². The van der Waals surface area contributed by atoms with Crippen molar-refractivity contribution in [2.24, 2.45) is 0 Å². The van der Waals surface area contributed by atoms with Crippen molar-refractivity contribution in [1.29, 1.82) is 0 Å². The summed E-state index contributed by atoms with van der Waals surface area (Å²) >= 11 is 0. The molecule has 0 radical (unpaired) electrons. The molecular formula is C33H38N6. The summed E-state index contributed by atoms with van der Waals surface area (Å²) in [5.74, 6) is 1.43. The molecule has 0 saturated carbocycles. The van der Waals surface area contributed by atoms with Gasteiger partial charge in [0.15, 0.2) is 0 Å². The minimum absolute atomic E-state index is 0.573. The van der Waals surface area contributed by atoms with E-state index in [0.29, 0.717) is 12.4 Å². The fourth-order valence-electron chi connectivity index (χ4n) is 4.92. The zero-order chi connectivity index (χ0) is 27.9. The lowest BCUT2D eigenvalue weighted by atomic mass is 9.96. The van der Waals surface area contributed by atoms with Crippen LogP contribution in [-0.2, 0) is 13.1 Å². The van der Waals surface area contributed by atoms with Crippen molar-refractivity contribution in [1.82, 2.24) is 19.5 Å². The SMILES string of the molecule is CC.CC.Cc1cc2c(N)nccc2c(C)c1CNc1cc2c(ccn2Cc2ccc3ncccc3c2)cn1. The Balaban J connectivity index is 0.000000845. The van der Waals surface area contributed by atoms with Crippen molar-refractivity contribution in [2.45, 2.75) is 54.6 Å². The first-order valence-corrected chi connectivity index (χ1v) is 13.7. The van der Waals surface area contributed by atoms with Gasteiger partial charge >= 0.3 is 0 Å². The number of anilines is 2. The minimum atomic E-state index is 0.573. The number of aromatic nitrogens is 4. The first-order chi connectivity index (χ1) is 19.1. The fourth-order valence-corrected chi connectivity index (χ4v) is 4.92. The highest BCUT2D eigenvalue weighted by atomic mass is 15.0. The Bertz CT molecular complexity index is 1720. The van der Waals surface area contributed by atoms with Gasteiger partial charge < -0.3 is 15.6 Å². The van der Waals surface area contributed by atoms with Gasteiger partial charge in [-0.15, -0.1) is 0 Å². The number of nitrogens with two attached hydrogens (primary N) is 1. The monoisotopic (exact) mass is 518 g/mol. The second-order valence-electron chi connectivity index (χ2n) is 9.04. The molecule has 0 unspecified atom stereocenters. The quantitative estimate of drug-likeness (QED) is 0.241. The summed E-state index contributed by atoms with van der Waals surface area (Å²) in [6.45, 7) is 13.7. The van der Waals surface area contributed by atoms with E-state index in [9.17, 15) is 0 Å². The normalized spacial score (nSPS) is 10.6. The predicted molar refractivity (Wildman–Crippen MR) is 166 cm³/mol. The molecule has 39 heavy (non-hydrogen) atoms. The van der Waals surface area contributed by atoms with Gasteiger partial charge in [-0.3, -0.25) is 4.98 Å². The van der Waals surface area contributed by atoms with Crippen LogP contribution < -0.4 is 11.1 Å². The van der Waals surface area contributed by atoms with Crippen molar-refractivity contribution in [3.63, 3.8) is 0 Å². The minimum Gasteiger partial charge on any atom is -0.383 e. The van der Waals surface area contributed by atoms with Gasteiger partial charge in [0.2, 0.25) is 0 Å². The lowest BCUT2D eigenvalue weighted by Gasteiger charge is -2.15. The second kappa shape index (κ2) is 12.4. The second-order valence-corrected chi connectivity index (χ2v) is 9.04. The summed E-state index contributed by atoms with van der Waals surface area (Å²) < 4.78 is 2.27. The van der Waals surface area contributed by atoms with E-state index in [0.717, 1.165) is 44.9 Å². The van der Waals surface area contributed by atoms with Crippen LogP contribution in [0.2, 0.25) is 0 Å². The number of hydrogen-bond acceptors (Lipinski definition) is 5. The van der Waals surface area contributed by atoms with Crippen LogP contribution in [0.5, 0.6) is 0 Å². The Kier molecular flexibility index (Phi) is 8.77. The van der Waals surface area contributed by atoms with Crippen molar-refractivity contribution in [3.8, 4) is 0 Å². The molecule has 0 saturated heterocycles. The maximum absolute atomic E-state index is 6.11. The fraction of sp³-hybridized carbons (Fsp3) is 0.242. The number of pyridine rings is 3. The Morgan fingerprint density at radius 1 is 0.821 bits per heavy atom. The van der Waals surface area contributed by atoms with E-state index in [1.165, 1.54) is 22.3 Å². The highest BCUT2D eigenvalue weighted by molar-refractivity contribution is 5.94. The van der Waals surface area contributed by atoms with Crippen molar-refractivity contribution in [2.75, 3.05) is 11.1 Å². The van der Waals surface area contributed by atoms with Crippen LogP contribution in [0.3, 0.4) is 0 Å².